The van der Waals surface area contributed by atoms with Gasteiger partial charge in [0.2, 0.25) is 0 Å². The number of carboxylic acid groups (broad SMARTS) is 1. The molecule has 2 atom stereocenters. The average Bonchev–Trinajstić information content (AvgIpc) is 2.30. The fourth-order valence-electron chi connectivity index (χ4n) is 2.37. The Balaban J connectivity index is 2.17. The van der Waals surface area contributed by atoms with Gasteiger partial charge in [-0.25, -0.2) is 4.79 Å². The van der Waals surface area contributed by atoms with E-state index in [1.807, 2.05) is 12.1 Å². The highest BCUT2D eigenvalue weighted by atomic mass is 16.4. The molecule has 2 N–H and O–H groups in total. The molecule has 86 valence electrons. The van der Waals surface area contributed by atoms with Gasteiger partial charge in [-0.1, -0.05) is 12.1 Å². The van der Waals surface area contributed by atoms with Crippen molar-refractivity contribution in [2.24, 2.45) is 0 Å². The Morgan fingerprint density at radius 3 is 2.62 bits per heavy atom. The predicted octanol–water partition coefficient (Wildman–Crippen LogP) is 2.24. The lowest BCUT2D eigenvalue weighted by molar-refractivity contribution is 0.0697. The van der Waals surface area contributed by atoms with Crippen LogP contribution >= 0.6 is 0 Å². The van der Waals surface area contributed by atoms with Crippen molar-refractivity contribution in [1.29, 1.82) is 0 Å². The molecular formula is C13H17NO2. The molecule has 0 radical (unpaired) electrons. The van der Waals surface area contributed by atoms with Crippen molar-refractivity contribution in [3.8, 4) is 0 Å². The summed E-state index contributed by atoms with van der Waals surface area (Å²) in [5.74, 6) is -0.349. The van der Waals surface area contributed by atoms with Gasteiger partial charge < -0.3 is 10.4 Å². The summed E-state index contributed by atoms with van der Waals surface area (Å²) in [5.41, 5.74) is 1.60. The molecule has 16 heavy (non-hydrogen) atoms. The zero-order valence-electron chi connectivity index (χ0n) is 9.44. The number of benzene rings is 1. The van der Waals surface area contributed by atoms with Crippen molar-refractivity contribution in [3.63, 3.8) is 0 Å². The number of carboxylic acids is 1. The minimum Gasteiger partial charge on any atom is -0.478 e. The van der Waals surface area contributed by atoms with Crippen LogP contribution in [0.5, 0.6) is 0 Å². The van der Waals surface area contributed by atoms with E-state index in [1.54, 1.807) is 12.1 Å². The second-order valence-electron chi connectivity index (χ2n) is 4.42. The number of hydrogen-bond donors (Lipinski definition) is 2. The summed E-state index contributed by atoms with van der Waals surface area (Å²) in [5, 5.41) is 12.3. The van der Waals surface area contributed by atoms with E-state index in [0.717, 1.165) is 6.54 Å². The molecular weight excluding hydrogens is 202 g/mol. The zero-order chi connectivity index (χ0) is 11.5. The molecule has 1 aliphatic heterocycles. The van der Waals surface area contributed by atoms with E-state index < -0.39 is 5.97 Å². The number of rotatable bonds is 2. The van der Waals surface area contributed by atoms with Gasteiger partial charge in [-0.05, 0) is 49.9 Å². The van der Waals surface area contributed by atoms with Gasteiger partial charge in [-0.15, -0.1) is 0 Å². The molecule has 2 unspecified atom stereocenters. The number of piperidine rings is 1. The van der Waals surface area contributed by atoms with Gasteiger partial charge in [0.1, 0.15) is 0 Å². The number of hydrogen-bond acceptors (Lipinski definition) is 2. The Kier molecular flexibility index (Phi) is 3.25. The fraction of sp³-hybridized carbons (Fsp3) is 0.462. The first-order valence-corrected chi connectivity index (χ1v) is 5.75. The fourth-order valence-corrected chi connectivity index (χ4v) is 2.37. The average molecular weight is 219 g/mol. The highest BCUT2D eigenvalue weighted by Crippen LogP contribution is 2.27. The summed E-state index contributed by atoms with van der Waals surface area (Å²) in [6.07, 6.45) is 2.37. The van der Waals surface area contributed by atoms with Crippen molar-refractivity contribution in [1.82, 2.24) is 5.32 Å². The highest BCUT2D eigenvalue weighted by Gasteiger charge is 2.22. The first-order valence-electron chi connectivity index (χ1n) is 5.75. The van der Waals surface area contributed by atoms with Crippen molar-refractivity contribution in [2.75, 3.05) is 6.54 Å². The maximum Gasteiger partial charge on any atom is 0.335 e. The van der Waals surface area contributed by atoms with Gasteiger partial charge in [-0.2, -0.15) is 0 Å². The maximum atomic E-state index is 10.7. The second kappa shape index (κ2) is 4.66. The molecule has 0 aliphatic carbocycles. The topological polar surface area (TPSA) is 49.3 Å². The zero-order valence-corrected chi connectivity index (χ0v) is 9.44. The van der Waals surface area contributed by atoms with Crippen LogP contribution in [0.3, 0.4) is 0 Å². The first kappa shape index (κ1) is 11.1. The van der Waals surface area contributed by atoms with E-state index in [0.29, 0.717) is 17.5 Å². The summed E-state index contributed by atoms with van der Waals surface area (Å²) in [6.45, 7) is 3.28. The van der Waals surface area contributed by atoms with Crippen LogP contribution in [-0.4, -0.2) is 23.7 Å². The summed E-state index contributed by atoms with van der Waals surface area (Å²) in [4.78, 5) is 10.7. The van der Waals surface area contributed by atoms with Crippen LogP contribution in [0.4, 0.5) is 0 Å². The number of aromatic carboxylic acids is 1. The minimum atomic E-state index is -0.860. The van der Waals surface area contributed by atoms with Crippen LogP contribution in [-0.2, 0) is 0 Å². The molecule has 1 fully saturated rings. The van der Waals surface area contributed by atoms with Gasteiger partial charge in [0, 0.05) is 6.04 Å². The quantitative estimate of drug-likeness (QED) is 0.802. The molecule has 3 nitrogen and oxygen atoms in total. The van der Waals surface area contributed by atoms with E-state index in [-0.39, 0.29) is 0 Å². The molecule has 1 saturated heterocycles. The van der Waals surface area contributed by atoms with Gasteiger partial charge in [0.25, 0.3) is 0 Å². The standard InChI is InChI=1S/C13H17NO2/c1-9-12(3-2-8-14-9)10-4-6-11(7-5-10)13(15)16/h4-7,9,12,14H,2-3,8H2,1H3,(H,15,16). The lowest BCUT2D eigenvalue weighted by Gasteiger charge is -2.30. The summed E-state index contributed by atoms with van der Waals surface area (Å²) < 4.78 is 0. The molecule has 1 aromatic rings. The first-order chi connectivity index (χ1) is 7.68. The normalized spacial score (nSPS) is 25.3. The highest BCUT2D eigenvalue weighted by molar-refractivity contribution is 5.87. The Bertz CT molecular complexity index is 372. The Morgan fingerprint density at radius 2 is 2.06 bits per heavy atom. The van der Waals surface area contributed by atoms with Gasteiger partial charge in [0.15, 0.2) is 0 Å². The SMILES string of the molecule is CC1NCCCC1c1ccc(C(=O)O)cc1. The molecule has 0 bridgehead atoms. The third kappa shape index (κ3) is 2.25. The van der Waals surface area contributed by atoms with E-state index >= 15 is 0 Å². The third-order valence-corrected chi connectivity index (χ3v) is 3.35. The van der Waals surface area contributed by atoms with Crippen molar-refractivity contribution < 1.29 is 9.90 Å². The molecule has 0 spiro atoms. The smallest absolute Gasteiger partial charge is 0.335 e. The van der Waals surface area contributed by atoms with Gasteiger partial charge in [0.05, 0.1) is 5.56 Å². The van der Waals surface area contributed by atoms with Gasteiger partial charge >= 0.3 is 5.97 Å². The van der Waals surface area contributed by atoms with Crippen LogP contribution in [0.15, 0.2) is 24.3 Å². The van der Waals surface area contributed by atoms with E-state index in [9.17, 15) is 4.79 Å². The van der Waals surface area contributed by atoms with Crippen LogP contribution in [0.2, 0.25) is 0 Å². The molecule has 0 aromatic heterocycles. The van der Waals surface area contributed by atoms with Crippen LogP contribution in [0, 0.1) is 0 Å². The molecule has 3 heteroatoms. The van der Waals surface area contributed by atoms with Crippen LogP contribution in [0.1, 0.15) is 41.6 Å². The lowest BCUT2D eigenvalue weighted by atomic mass is 9.85. The predicted molar refractivity (Wildman–Crippen MR) is 62.8 cm³/mol. The third-order valence-electron chi connectivity index (χ3n) is 3.35. The van der Waals surface area contributed by atoms with E-state index in [1.165, 1.54) is 18.4 Å². The maximum absolute atomic E-state index is 10.7. The summed E-state index contributed by atoms with van der Waals surface area (Å²) >= 11 is 0. The van der Waals surface area contributed by atoms with E-state index in [2.05, 4.69) is 12.2 Å². The Labute approximate surface area is 95.5 Å². The lowest BCUT2D eigenvalue weighted by Crippen LogP contribution is -2.37. The largest absolute Gasteiger partial charge is 0.478 e. The van der Waals surface area contributed by atoms with Gasteiger partial charge in [-0.3, -0.25) is 0 Å². The Hall–Kier alpha value is -1.35. The second-order valence-corrected chi connectivity index (χ2v) is 4.42. The van der Waals surface area contributed by atoms with Crippen LogP contribution in [0.25, 0.3) is 0 Å². The minimum absolute atomic E-state index is 0.361. The molecule has 2 rings (SSSR count). The number of nitrogens with one attached hydrogen (secondary N) is 1. The monoisotopic (exact) mass is 219 g/mol. The molecule has 1 aliphatic rings. The Morgan fingerprint density at radius 1 is 1.38 bits per heavy atom. The van der Waals surface area contributed by atoms with E-state index in [4.69, 9.17) is 5.11 Å². The number of carbonyl (C=O) groups is 1. The summed E-state index contributed by atoms with van der Waals surface area (Å²) in [7, 11) is 0. The molecule has 1 heterocycles. The van der Waals surface area contributed by atoms with Crippen molar-refractivity contribution in [3.05, 3.63) is 35.4 Å². The molecule has 0 amide bonds. The summed E-state index contributed by atoms with van der Waals surface area (Å²) in [6, 6.07) is 7.75. The van der Waals surface area contributed by atoms with Crippen molar-refractivity contribution in [2.45, 2.75) is 31.7 Å². The molecule has 0 saturated carbocycles. The van der Waals surface area contributed by atoms with Crippen molar-refractivity contribution >= 4 is 5.97 Å². The molecule has 1 aromatic carbocycles. The van der Waals surface area contributed by atoms with Crippen LogP contribution < -0.4 is 5.32 Å².